The largest absolute Gasteiger partial charge is 0.457 e. The lowest BCUT2D eigenvalue weighted by molar-refractivity contribution is 0.102. The lowest BCUT2D eigenvalue weighted by Crippen LogP contribution is -2.11. The van der Waals surface area contributed by atoms with E-state index in [0.29, 0.717) is 11.3 Å². The maximum absolute atomic E-state index is 12.5. The molecule has 29 heavy (non-hydrogen) atoms. The number of hydrogen-bond acceptors (Lipinski definition) is 3. The number of carbonyl (C=O) groups excluding carboxylic acids is 1. The third kappa shape index (κ3) is 4.71. The Morgan fingerprint density at radius 3 is 2.28 bits per heavy atom. The highest BCUT2D eigenvalue weighted by atomic mass is 16.5. The lowest BCUT2D eigenvalue weighted by atomic mass is 10.1. The van der Waals surface area contributed by atoms with Crippen LogP contribution in [0.4, 0.5) is 5.69 Å². The third-order valence-electron chi connectivity index (χ3n) is 4.58. The Hall–Kier alpha value is -3.86. The van der Waals surface area contributed by atoms with Gasteiger partial charge in [0.25, 0.3) is 5.91 Å². The van der Waals surface area contributed by atoms with Gasteiger partial charge in [0.2, 0.25) is 0 Å². The fraction of sp³-hybridized carbons (Fsp3) is 0.0833. The molecule has 0 bridgehead atoms. The first-order valence-corrected chi connectivity index (χ1v) is 9.38. The Balaban J connectivity index is 1.37. The van der Waals surface area contributed by atoms with Crippen molar-refractivity contribution < 1.29 is 9.53 Å². The Labute approximate surface area is 169 Å². The molecule has 0 saturated heterocycles. The van der Waals surface area contributed by atoms with E-state index in [1.165, 1.54) is 0 Å². The molecule has 0 unspecified atom stereocenters. The summed E-state index contributed by atoms with van der Waals surface area (Å²) < 4.78 is 7.83. The van der Waals surface area contributed by atoms with Crippen LogP contribution in [-0.4, -0.2) is 15.5 Å². The van der Waals surface area contributed by atoms with Gasteiger partial charge in [-0.25, -0.2) is 4.98 Å². The van der Waals surface area contributed by atoms with Gasteiger partial charge in [-0.15, -0.1) is 0 Å². The molecule has 3 aromatic carbocycles. The molecule has 5 heteroatoms. The van der Waals surface area contributed by atoms with E-state index in [2.05, 4.69) is 14.9 Å². The van der Waals surface area contributed by atoms with Crippen LogP contribution in [0.5, 0.6) is 11.5 Å². The van der Waals surface area contributed by atoms with Crippen LogP contribution in [0.3, 0.4) is 0 Å². The summed E-state index contributed by atoms with van der Waals surface area (Å²) in [6.07, 6.45) is 3.75. The molecule has 4 rings (SSSR count). The summed E-state index contributed by atoms with van der Waals surface area (Å²) in [7, 11) is 0. The van der Waals surface area contributed by atoms with Crippen molar-refractivity contribution >= 4 is 11.6 Å². The summed E-state index contributed by atoms with van der Waals surface area (Å²) >= 11 is 0. The van der Waals surface area contributed by atoms with Crippen molar-refractivity contribution in [2.45, 2.75) is 13.5 Å². The highest BCUT2D eigenvalue weighted by Gasteiger charge is 2.07. The van der Waals surface area contributed by atoms with E-state index >= 15 is 0 Å². The van der Waals surface area contributed by atoms with Gasteiger partial charge in [-0.3, -0.25) is 4.79 Å². The standard InChI is InChI=1S/C24H21N3O2/c1-18-25-15-16-27(18)17-19-7-11-21(12-8-19)26-24(28)20-9-13-23(14-10-20)29-22-5-3-2-4-6-22/h2-16H,17H2,1H3,(H,26,28). The van der Waals surface area contributed by atoms with Gasteiger partial charge in [-0.05, 0) is 61.0 Å². The zero-order chi connectivity index (χ0) is 20.1. The normalized spacial score (nSPS) is 10.5. The quantitative estimate of drug-likeness (QED) is 0.492. The molecule has 1 aromatic heterocycles. The van der Waals surface area contributed by atoms with Gasteiger partial charge in [0.1, 0.15) is 17.3 Å². The maximum Gasteiger partial charge on any atom is 0.255 e. The topological polar surface area (TPSA) is 56.2 Å². The second-order valence-electron chi connectivity index (χ2n) is 6.69. The number of aryl methyl sites for hydroxylation is 1. The van der Waals surface area contributed by atoms with Crippen molar-refractivity contribution in [3.63, 3.8) is 0 Å². The summed E-state index contributed by atoms with van der Waals surface area (Å²) in [5, 5.41) is 2.93. The number of aromatic nitrogens is 2. The molecule has 0 aliphatic rings. The Morgan fingerprint density at radius 1 is 0.931 bits per heavy atom. The van der Waals surface area contributed by atoms with Crippen LogP contribution in [0.25, 0.3) is 0 Å². The summed E-state index contributed by atoms with van der Waals surface area (Å²) in [5.74, 6) is 2.26. The second-order valence-corrected chi connectivity index (χ2v) is 6.69. The van der Waals surface area contributed by atoms with Crippen molar-refractivity contribution in [1.29, 1.82) is 0 Å². The third-order valence-corrected chi connectivity index (χ3v) is 4.58. The molecule has 4 aromatic rings. The number of carbonyl (C=O) groups is 1. The number of rotatable bonds is 6. The van der Waals surface area contributed by atoms with E-state index < -0.39 is 0 Å². The number of anilines is 1. The molecular weight excluding hydrogens is 362 g/mol. The van der Waals surface area contributed by atoms with Crippen LogP contribution in [0.2, 0.25) is 0 Å². The predicted molar refractivity (Wildman–Crippen MR) is 113 cm³/mol. The molecule has 0 radical (unpaired) electrons. The lowest BCUT2D eigenvalue weighted by Gasteiger charge is -2.09. The van der Waals surface area contributed by atoms with E-state index in [4.69, 9.17) is 4.74 Å². The molecule has 0 aliphatic heterocycles. The van der Waals surface area contributed by atoms with Gasteiger partial charge in [0.15, 0.2) is 0 Å². The van der Waals surface area contributed by atoms with Gasteiger partial charge in [-0.2, -0.15) is 0 Å². The highest BCUT2D eigenvalue weighted by Crippen LogP contribution is 2.21. The summed E-state index contributed by atoms with van der Waals surface area (Å²) in [4.78, 5) is 16.7. The summed E-state index contributed by atoms with van der Waals surface area (Å²) in [6, 6.07) is 24.5. The minimum absolute atomic E-state index is 0.158. The van der Waals surface area contributed by atoms with Crippen LogP contribution in [-0.2, 0) is 6.54 Å². The van der Waals surface area contributed by atoms with Crippen molar-refractivity contribution in [3.05, 3.63) is 108 Å². The fourth-order valence-electron chi connectivity index (χ4n) is 2.96. The van der Waals surface area contributed by atoms with E-state index in [-0.39, 0.29) is 5.91 Å². The van der Waals surface area contributed by atoms with Crippen molar-refractivity contribution in [3.8, 4) is 11.5 Å². The SMILES string of the molecule is Cc1nccn1Cc1ccc(NC(=O)c2ccc(Oc3ccccc3)cc2)cc1. The number of ether oxygens (including phenoxy) is 1. The molecule has 1 heterocycles. The number of imidazole rings is 1. The first kappa shape index (κ1) is 18.5. The van der Waals surface area contributed by atoms with Crippen LogP contribution in [0.15, 0.2) is 91.3 Å². The van der Waals surface area contributed by atoms with Crippen LogP contribution >= 0.6 is 0 Å². The number of amides is 1. The molecule has 5 nitrogen and oxygen atoms in total. The van der Waals surface area contributed by atoms with Gasteiger partial charge in [-0.1, -0.05) is 30.3 Å². The van der Waals surface area contributed by atoms with Crippen molar-refractivity contribution in [2.24, 2.45) is 0 Å². The summed E-state index contributed by atoms with van der Waals surface area (Å²) in [6.45, 7) is 2.73. The fourth-order valence-corrected chi connectivity index (χ4v) is 2.96. The average Bonchev–Trinajstić information content (AvgIpc) is 3.15. The molecule has 0 spiro atoms. The number of benzene rings is 3. The van der Waals surface area contributed by atoms with Crippen LogP contribution < -0.4 is 10.1 Å². The molecule has 1 amide bonds. The second kappa shape index (κ2) is 8.44. The van der Waals surface area contributed by atoms with Gasteiger partial charge >= 0.3 is 0 Å². The van der Waals surface area contributed by atoms with E-state index in [1.54, 1.807) is 30.5 Å². The van der Waals surface area contributed by atoms with Gasteiger partial charge < -0.3 is 14.6 Å². The van der Waals surface area contributed by atoms with Crippen LogP contribution in [0, 0.1) is 6.92 Å². The molecule has 0 saturated carbocycles. The average molecular weight is 383 g/mol. The van der Waals surface area contributed by atoms with E-state index in [0.717, 1.165) is 29.4 Å². The number of nitrogens with one attached hydrogen (secondary N) is 1. The Bertz CT molecular complexity index is 1090. The van der Waals surface area contributed by atoms with Crippen LogP contribution in [0.1, 0.15) is 21.7 Å². The Kier molecular flexibility index (Phi) is 5.38. The van der Waals surface area contributed by atoms with E-state index in [9.17, 15) is 4.79 Å². The van der Waals surface area contributed by atoms with Crippen molar-refractivity contribution in [1.82, 2.24) is 9.55 Å². The minimum atomic E-state index is -0.158. The first-order valence-electron chi connectivity index (χ1n) is 9.38. The molecular formula is C24H21N3O2. The molecule has 1 N–H and O–H groups in total. The van der Waals surface area contributed by atoms with E-state index in [1.807, 2.05) is 67.7 Å². The predicted octanol–water partition coefficient (Wildman–Crippen LogP) is 5.28. The number of hydrogen-bond donors (Lipinski definition) is 1. The first-order chi connectivity index (χ1) is 14.2. The van der Waals surface area contributed by atoms with Crippen molar-refractivity contribution in [2.75, 3.05) is 5.32 Å². The maximum atomic E-state index is 12.5. The number of para-hydroxylation sites is 1. The molecule has 0 aliphatic carbocycles. The zero-order valence-electron chi connectivity index (χ0n) is 16.1. The Morgan fingerprint density at radius 2 is 1.62 bits per heavy atom. The molecule has 144 valence electrons. The van der Waals surface area contributed by atoms with Gasteiger partial charge in [0, 0.05) is 30.2 Å². The highest BCUT2D eigenvalue weighted by molar-refractivity contribution is 6.04. The molecule has 0 fully saturated rings. The smallest absolute Gasteiger partial charge is 0.255 e. The minimum Gasteiger partial charge on any atom is -0.457 e. The zero-order valence-corrected chi connectivity index (χ0v) is 16.1. The van der Waals surface area contributed by atoms with Gasteiger partial charge in [0.05, 0.1) is 0 Å². The molecule has 0 atom stereocenters. The summed E-state index contributed by atoms with van der Waals surface area (Å²) in [5.41, 5.74) is 2.47. The monoisotopic (exact) mass is 383 g/mol. The number of nitrogens with zero attached hydrogens (tertiary/aromatic N) is 2.